The number of fused-ring (bicyclic) bond motifs is 1. The van der Waals surface area contributed by atoms with Crippen molar-refractivity contribution in [1.82, 2.24) is 5.43 Å². The molecule has 0 aliphatic carbocycles. The van der Waals surface area contributed by atoms with Gasteiger partial charge in [-0.2, -0.15) is 5.10 Å². The fraction of sp³-hybridized carbons (Fsp3) is 0.143. The van der Waals surface area contributed by atoms with Crippen molar-refractivity contribution in [3.8, 4) is 17.2 Å². The van der Waals surface area contributed by atoms with Gasteiger partial charge in [0.1, 0.15) is 12.4 Å². The minimum Gasteiger partial charge on any atom is -0.494 e. The van der Waals surface area contributed by atoms with Crippen LogP contribution < -0.4 is 19.6 Å². The molecule has 0 saturated heterocycles. The molecule has 34 heavy (non-hydrogen) atoms. The number of hydrogen-bond acceptors (Lipinski definition) is 5. The van der Waals surface area contributed by atoms with Crippen molar-refractivity contribution in [2.45, 2.75) is 13.5 Å². The average Bonchev–Trinajstić information content (AvgIpc) is 2.88. The fourth-order valence-corrected chi connectivity index (χ4v) is 3.56. The number of benzene rings is 4. The Morgan fingerprint density at radius 1 is 0.912 bits per heavy atom. The molecular weight excluding hydrogens is 428 g/mol. The van der Waals surface area contributed by atoms with E-state index in [1.807, 2.05) is 43.3 Å². The second-order valence-corrected chi connectivity index (χ2v) is 7.49. The number of nitrogens with one attached hydrogen (secondary N) is 1. The first-order valence-electron chi connectivity index (χ1n) is 11.0. The van der Waals surface area contributed by atoms with Crippen molar-refractivity contribution in [2.75, 3.05) is 13.7 Å². The van der Waals surface area contributed by atoms with Crippen molar-refractivity contribution in [3.63, 3.8) is 0 Å². The van der Waals surface area contributed by atoms with Crippen molar-refractivity contribution in [3.05, 3.63) is 102 Å². The quantitative estimate of drug-likeness (QED) is 0.264. The van der Waals surface area contributed by atoms with E-state index in [-0.39, 0.29) is 5.91 Å². The van der Waals surface area contributed by atoms with Crippen LogP contribution in [0.25, 0.3) is 10.8 Å². The third-order valence-corrected chi connectivity index (χ3v) is 5.26. The van der Waals surface area contributed by atoms with Crippen molar-refractivity contribution >= 4 is 22.9 Å². The van der Waals surface area contributed by atoms with Crippen LogP contribution in [0.3, 0.4) is 0 Å². The van der Waals surface area contributed by atoms with Crippen molar-refractivity contribution in [1.29, 1.82) is 0 Å². The highest BCUT2D eigenvalue weighted by Gasteiger charge is 2.08. The van der Waals surface area contributed by atoms with Gasteiger partial charge in [-0.25, -0.2) is 5.43 Å². The van der Waals surface area contributed by atoms with Crippen LogP contribution in [-0.2, 0) is 6.61 Å². The number of hydrazone groups is 1. The van der Waals surface area contributed by atoms with Crippen LogP contribution in [0.5, 0.6) is 17.2 Å². The Kier molecular flexibility index (Phi) is 7.40. The number of amides is 1. The molecule has 0 atom stereocenters. The van der Waals surface area contributed by atoms with E-state index in [4.69, 9.17) is 14.2 Å². The van der Waals surface area contributed by atoms with Gasteiger partial charge in [0.2, 0.25) is 0 Å². The Labute approximate surface area is 198 Å². The van der Waals surface area contributed by atoms with Gasteiger partial charge in [-0.15, -0.1) is 0 Å². The van der Waals surface area contributed by atoms with Crippen LogP contribution >= 0.6 is 0 Å². The summed E-state index contributed by atoms with van der Waals surface area (Å²) < 4.78 is 16.9. The van der Waals surface area contributed by atoms with Crippen LogP contribution in [0, 0.1) is 0 Å². The van der Waals surface area contributed by atoms with E-state index in [2.05, 4.69) is 34.8 Å². The topological polar surface area (TPSA) is 69.2 Å². The highest BCUT2D eigenvalue weighted by molar-refractivity contribution is 5.95. The Balaban J connectivity index is 1.39. The molecule has 0 heterocycles. The Morgan fingerprint density at radius 3 is 2.50 bits per heavy atom. The van der Waals surface area contributed by atoms with E-state index in [1.165, 1.54) is 5.39 Å². The predicted octanol–water partition coefficient (Wildman–Crippen LogP) is 5.59. The second kappa shape index (κ2) is 11.0. The van der Waals surface area contributed by atoms with E-state index in [9.17, 15) is 4.79 Å². The zero-order valence-corrected chi connectivity index (χ0v) is 19.2. The molecule has 0 unspecified atom stereocenters. The van der Waals surface area contributed by atoms with Crippen LogP contribution in [0.15, 0.2) is 90.0 Å². The molecule has 0 aromatic heterocycles. The number of ether oxygens (including phenoxy) is 3. The minimum atomic E-state index is -0.304. The second-order valence-electron chi connectivity index (χ2n) is 7.49. The third kappa shape index (κ3) is 5.53. The van der Waals surface area contributed by atoms with E-state index >= 15 is 0 Å². The van der Waals surface area contributed by atoms with Gasteiger partial charge in [0.05, 0.1) is 19.9 Å². The summed E-state index contributed by atoms with van der Waals surface area (Å²) >= 11 is 0. The average molecular weight is 455 g/mol. The number of methoxy groups -OCH3 is 1. The SMILES string of the molecule is CCOc1ccc(C(=O)N/N=C/c2ccc(OCc3cccc4ccccc34)c(OC)c2)cc1. The molecule has 0 bridgehead atoms. The molecule has 1 N–H and O–H groups in total. The van der Waals surface area contributed by atoms with Gasteiger partial charge < -0.3 is 14.2 Å². The van der Waals surface area contributed by atoms with Gasteiger partial charge in [0.15, 0.2) is 11.5 Å². The van der Waals surface area contributed by atoms with Crippen molar-refractivity contribution < 1.29 is 19.0 Å². The largest absolute Gasteiger partial charge is 0.494 e. The number of carbonyl (C=O) groups excluding carboxylic acids is 1. The highest BCUT2D eigenvalue weighted by atomic mass is 16.5. The fourth-order valence-electron chi connectivity index (χ4n) is 3.56. The molecule has 6 heteroatoms. The Morgan fingerprint density at radius 2 is 1.71 bits per heavy atom. The maximum Gasteiger partial charge on any atom is 0.271 e. The zero-order chi connectivity index (χ0) is 23.8. The Hall–Kier alpha value is -4.32. The lowest BCUT2D eigenvalue weighted by atomic mass is 10.1. The summed E-state index contributed by atoms with van der Waals surface area (Å²) in [6, 6.07) is 26.8. The summed E-state index contributed by atoms with van der Waals surface area (Å²) in [5.74, 6) is 1.63. The lowest BCUT2D eigenvalue weighted by Crippen LogP contribution is -2.17. The third-order valence-electron chi connectivity index (χ3n) is 5.26. The van der Waals surface area contributed by atoms with E-state index in [0.29, 0.717) is 30.3 Å². The van der Waals surface area contributed by atoms with Gasteiger partial charge in [-0.3, -0.25) is 4.79 Å². The molecule has 1 amide bonds. The van der Waals surface area contributed by atoms with Crippen LogP contribution in [0.1, 0.15) is 28.4 Å². The molecule has 6 nitrogen and oxygen atoms in total. The first-order valence-corrected chi connectivity index (χ1v) is 11.0. The molecule has 4 aromatic rings. The molecule has 0 aliphatic rings. The number of rotatable bonds is 9. The molecule has 0 radical (unpaired) electrons. The van der Waals surface area contributed by atoms with E-state index in [1.54, 1.807) is 37.6 Å². The summed E-state index contributed by atoms with van der Waals surface area (Å²) in [7, 11) is 1.59. The van der Waals surface area contributed by atoms with Gasteiger partial charge in [0, 0.05) is 5.56 Å². The number of nitrogens with zero attached hydrogens (tertiary/aromatic N) is 1. The molecule has 0 saturated carbocycles. The maximum absolute atomic E-state index is 12.3. The molecule has 0 fully saturated rings. The van der Waals surface area contributed by atoms with Crippen LogP contribution in [-0.4, -0.2) is 25.8 Å². The van der Waals surface area contributed by atoms with E-state index in [0.717, 1.165) is 22.3 Å². The highest BCUT2D eigenvalue weighted by Crippen LogP contribution is 2.29. The molecule has 0 spiro atoms. The summed E-state index contributed by atoms with van der Waals surface area (Å²) in [4.78, 5) is 12.3. The lowest BCUT2D eigenvalue weighted by Gasteiger charge is -2.12. The Bertz CT molecular complexity index is 1290. The molecule has 0 aliphatic heterocycles. The zero-order valence-electron chi connectivity index (χ0n) is 19.2. The first-order chi connectivity index (χ1) is 16.7. The summed E-state index contributed by atoms with van der Waals surface area (Å²) in [6.07, 6.45) is 1.56. The van der Waals surface area contributed by atoms with Crippen LogP contribution in [0.2, 0.25) is 0 Å². The van der Waals surface area contributed by atoms with Gasteiger partial charge in [0.25, 0.3) is 5.91 Å². The summed E-state index contributed by atoms with van der Waals surface area (Å²) in [6.45, 7) is 2.91. The maximum atomic E-state index is 12.3. The number of hydrogen-bond donors (Lipinski definition) is 1. The summed E-state index contributed by atoms with van der Waals surface area (Å²) in [5.41, 5.74) is 4.89. The monoisotopic (exact) mass is 454 g/mol. The van der Waals surface area contributed by atoms with Gasteiger partial charge in [-0.05, 0) is 71.3 Å². The predicted molar refractivity (Wildman–Crippen MR) is 134 cm³/mol. The molecule has 172 valence electrons. The van der Waals surface area contributed by atoms with Crippen LogP contribution in [0.4, 0.5) is 0 Å². The van der Waals surface area contributed by atoms with Gasteiger partial charge in [-0.1, -0.05) is 42.5 Å². The van der Waals surface area contributed by atoms with E-state index < -0.39 is 0 Å². The van der Waals surface area contributed by atoms with Gasteiger partial charge >= 0.3 is 0 Å². The molecular formula is C28H26N2O4. The molecule has 4 aromatic carbocycles. The standard InChI is InChI=1S/C28H26N2O4/c1-3-33-24-14-12-22(13-15-24)28(31)30-29-18-20-11-16-26(27(17-20)32-2)34-19-23-9-6-8-21-7-4-5-10-25(21)23/h4-18H,3,19H2,1-2H3,(H,30,31)/b29-18+. The normalized spacial score (nSPS) is 10.9. The smallest absolute Gasteiger partial charge is 0.271 e. The minimum absolute atomic E-state index is 0.304. The molecule has 4 rings (SSSR count). The number of carbonyl (C=O) groups is 1. The summed E-state index contributed by atoms with van der Waals surface area (Å²) in [5, 5.41) is 6.40. The lowest BCUT2D eigenvalue weighted by molar-refractivity contribution is 0.0955. The first kappa shape index (κ1) is 22.9. The van der Waals surface area contributed by atoms with Crippen molar-refractivity contribution in [2.24, 2.45) is 5.10 Å².